The van der Waals surface area contributed by atoms with Crippen LogP contribution in [0.2, 0.25) is 0 Å². The van der Waals surface area contributed by atoms with E-state index in [1.165, 1.54) is 6.07 Å². The number of ether oxygens (including phenoxy) is 1. The van der Waals surface area contributed by atoms with Crippen molar-refractivity contribution in [2.45, 2.75) is 6.92 Å². The van der Waals surface area contributed by atoms with Gasteiger partial charge in [0, 0.05) is 26.2 Å². The van der Waals surface area contributed by atoms with Crippen molar-refractivity contribution in [3.63, 3.8) is 0 Å². The molecule has 0 aromatic heterocycles. The second kappa shape index (κ2) is 7.26. The van der Waals surface area contributed by atoms with Crippen LogP contribution in [0, 0.1) is 5.92 Å². The van der Waals surface area contributed by atoms with E-state index in [-0.39, 0.29) is 11.7 Å². The molecule has 1 amide bonds. The average Bonchev–Trinajstić information content (AvgIpc) is 2.46. The summed E-state index contributed by atoms with van der Waals surface area (Å²) in [5.74, 6) is 0.158. The van der Waals surface area contributed by atoms with E-state index in [1.807, 2.05) is 0 Å². The third-order valence-corrected chi connectivity index (χ3v) is 3.43. The normalized spacial score (nSPS) is 17.6. The molecule has 2 N–H and O–H groups in total. The fourth-order valence-corrected chi connectivity index (χ4v) is 2.32. The molecule has 1 aliphatic rings. The van der Waals surface area contributed by atoms with Crippen molar-refractivity contribution < 1.29 is 14.6 Å². The number of nitrogens with zero attached hydrogens (tertiary/aromatic N) is 1. The Morgan fingerprint density at radius 2 is 2.10 bits per heavy atom. The highest BCUT2D eigenvalue weighted by Crippen LogP contribution is 2.15. The zero-order valence-electron chi connectivity index (χ0n) is 11.8. The third-order valence-electron chi connectivity index (χ3n) is 3.43. The number of nitrogens with one attached hydrogen (secondary N) is 1. The molecular weight excluding hydrogens is 256 g/mol. The number of morpholine rings is 1. The fraction of sp³-hybridized carbons (Fsp3) is 0.533. The fourth-order valence-electron chi connectivity index (χ4n) is 2.32. The first kappa shape index (κ1) is 14.8. The summed E-state index contributed by atoms with van der Waals surface area (Å²) in [5, 5.41) is 12.5. The number of benzene rings is 1. The lowest BCUT2D eigenvalue weighted by atomic mass is 10.1. The second-order valence-corrected chi connectivity index (χ2v) is 5.25. The monoisotopic (exact) mass is 278 g/mol. The first-order valence-electron chi connectivity index (χ1n) is 7.03. The molecule has 1 saturated heterocycles. The van der Waals surface area contributed by atoms with Crippen molar-refractivity contribution in [2.24, 2.45) is 5.92 Å². The Kier molecular flexibility index (Phi) is 5.38. The SMILES string of the molecule is CC(CNC(=O)c1ccccc1O)CN1CCOCC1. The molecule has 0 bridgehead atoms. The summed E-state index contributed by atoms with van der Waals surface area (Å²) >= 11 is 0. The van der Waals surface area contributed by atoms with Crippen molar-refractivity contribution >= 4 is 5.91 Å². The molecule has 5 heteroatoms. The molecule has 2 rings (SSSR count). The molecule has 0 aliphatic carbocycles. The standard InChI is InChI=1S/C15H22N2O3/c1-12(11-17-6-8-20-9-7-17)10-16-15(19)13-4-2-3-5-14(13)18/h2-5,12,18H,6-11H2,1H3,(H,16,19). The second-order valence-electron chi connectivity index (χ2n) is 5.25. The number of para-hydroxylation sites is 1. The van der Waals surface area contributed by atoms with Crippen LogP contribution in [0.1, 0.15) is 17.3 Å². The molecule has 1 aliphatic heterocycles. The maximum Gasteiger partial charge on any atom is 0.255 e. The molecule has 1 unspecified atom stereocenters. The highest BCUT2D eigenvalue weighted by Gasteiger charge is 2.15. The molecule has 20 heavy (non-hydrogen) atoms. The Morgan fingerprint density at radius 1 is 1.40 bits per heavy atom. The van der Waals surface area contributed by atoms with E-state index in [9.17, 15) is 9.90 Å². The number of hydrogen-bond donors (Lipinski definition) is 2. The Bertz CT molecular complexity index is 444. The Balaban J connectivity index is 1.76. The first-order valence-corrected chi connectivity index (χ1v) is 7.03. The van der Waals surface area contributed by atoms with E-state index in [1.54, 1.807) is 18.2 Å². The summed E-state index contributed by atoms with van der Waals surface area (Å²) < 4.78 is 5.31. The van der Waals surface area contributed by atoms with Crippen LogP contribution in [0.15, 0.2) is 24.3 Å². The van der Waals surface area contributed by atoms with Crippen LogP contribution in [-0.2, 0) is 4.74 Å². The lowest BCUT2D eigenvalue weighted by Gasteiger charge is -2.29. The van der Waals surface area contributed by atoms with Gasteiger partial charge in [-0.15, -0.1) is 0 Å². The minimum Gasteiger partial charge on any atom is -0.507 e. The van der Waals surface area contributed by atoms with E-state index in [4.69, 9.17) is 4.74 Å². The number of phenolic OH excluding ortho intramolecular Hbond substituents is 1. The molecule has 1 aromatic rings. The van der Waals surface area contributed by atoms with Gasteiger partial charge < -0.3 is 15.2 Å². The maximum absolute atomic E-state index is 12.0. The number of phenols is 1. The van der Waals surface area contributed by atoms with Gasteiger partial charge in [-0.25, -0.2) is 0 Å². The molecule has 0 saturated carbocycles. The summed E-state index contributed by atoms with van der Waals surface area (Å²) in [6, 6.07) is 6.59. The van der Waals surface area contributed by atoms with Crippen molar-refractivity contribution in [1.29, 1.82) is 0 Å². The predicted molar refractivity (Wildman–Crippen MR) is 76.9 cm³/mol. The zero-order valence-corrected chi connectivity index (χ0v) is 11.8. The summed E-state index contributed by atoms with van der Waals surface area (Å²) in [6.07, 6.45) is 0. The summed E-state index contributed by atoms with van der Waals surface area (Å²) in [6.45, 7) is 7.15. The van der Waals surface area contributed by atoms with Gasteiger partial charge in [0.15, 0.2) is 0 Å². The summed E-state index contributed by atoms with van der Waals surface area (Å²) in [4.78, 5) is 14.3. The predicted octanol–water partition coefficient (Wildman–Crippen LogP) is 1.09. The van der Waals surface area contributed by atoms with Gasteiger partial charge in [-0.3, -0.25) is 9.69 Å². The van der Waals surface area contributed by atoms with Crippen LogP contribution in [0.25, 0.3) is 0 Å². The van der Waals surface area contributed by atoms with Gasteiger partial charge >= 0.3 is 0 Å². The van der Waals surface area contributed by atoms with E-state index in [2.05, 4.69) is 17.1 Å². The average molecular weight is 278 g/mol. The highest BCUT2D eigenvalue weighted by molar-refractivity contribution is 5.96. The summed E-state index contributed by atoms with van der Waals surface area (Å²) in [7, 11) is 0. The van der Waals surface area contributed by atoms with Gasteiger partial charge in [-0.1, -0.05) is 19.1 Å². The van der Waals surface area contributed by atoms with Gasteiger partial charge in [0.1, 0.15) is 5.75 Å². The van der Waals surface area contributed by atoms with Gasteiger partial charge in [-0.05, 0) is 18.1 Å². The van der Waals surface area contributed by atoms with Crippen LogP contribution in [0.3, 0.4) is 0 Å². The summed E-state index contributed by atoms with van der Waals surface area (Å²) in [5.41, 5.74) is 0.325. The van der Waals surface area contributed by atoms with E-state index in [0.717, 1.165) is 32.8 Å². The number of amides is 1. The smallest absolute Gasteiger partial charge is 0.255 e. The maximum atomic E-state index is 12.0. The van der Waals surface area contributed by atoms with Crippen molar-refractivity contribution in [2.75, 3.05) is 39.4 Å². The topological polar surface area (TPSA) is 61.8 Å². The minimum atomic E-state index is -0.225. The van der Waals surface area contributed by atoms with Crippen molar-refractivity contribution in [3.05, 3.63) is 29.8 Å². The molecule has 5 nitrogen and oxygen atoms in total. The molecule has 0 radical (unpaired) electrons. The van der Waals surface area contributed by atoms with Crippen LogP contribution in [0.5, 0.6) is 5.75 Å². The van der Waals surface area contributed by atoms with Gasteiger partial charge in [-0.2, -0.15) is 0 Å². The minimum absolute atomic E-state index is 0.0193. The number of rotatable bonds is 5. The van der Waals surface area contributed by atoms with E-state index >= 15 is 0 Å². The van der Waals surface area contributed by atoms with E-state index in [0.29, 0.717) is 18.0 Å². The quantitative estimate of drug-likeness (QED) is 0.846. The molecule has 110 valence electrons. The van der Waals surface area contributed by atoms with Crippen molar-refractivity contribution in [1.82, 2.24) is 10.2 Å². The first-order chi connectivity index (χ1) is 9.66. The van der Waals surface area contributed by atoms with Crippen molar-refractivity contribution in [3.8, 4) is 5.75 Å². The Morgan fingerprint density at radius 3 is 2.80 bits per heavy atom. The lowest BCUT2D eigenvalue weighted by Crippen LogP contribution is -2.41. The lowest BCUT2D eigenvalue weighted by molar-refractivity contribution is 0.0317. The largest absolute Gasteiger partial charge is 0.507 e. The van der Waals surface area contributed by atoms with Crippen LogP contribution < -0.4 is 5.32 Å². The number of aromatic hydroxyl groups is 1. The molecule has 0 spiro atoms. The number of hydrogen-bond acceptors (Lipinski definition) is 4. The van der Waals surface area contributed by atoms with E-state index < -0.39 is 0 Å². The zero-order chi connectivity index (χ0) is 14.4. The molecular formula is C15H22N2O3. The van der Waals surface area contributed by atoms with Gasteiger partial charge in [0.05, 0.1) is 18.8 Å². The highest BCUT2D eigenvalue weighted by atomic mass is 16.5. The number of carbonyl (C=O) groups excluding carboxylic acids is 1. The van der Waals surface area contributed by atoms with Crippen LogP contribution in [0.4, 0.5) is 0 Å². The Labute approximate surface area is 119 Å². The molecule has 1 aromatic carbocycles. The molecule has 1 atom stereocenters. The molecule has 1 heterocycles. The third kappa shape index (κ3) is 4.21. The molecule has 1 fully saturated rings. The van der Waals surface area contributed by atoms with Gasteiger partial charge in [0.2, 0.25) is 0 Å². The van der Waals surface area contributed by atoms with Crippen LogP contribution in [-0.4, -0.2) is 55.3 Å². The van der Waals surface area contributed by atoms with Gasteiger partial charge in [0.25, 0.3) is 5.91 Å². The van der Waals surface area contributed by atoms with Crippen LogP contribution >= 0.6 is 0 Å². The Hall–Kier alpha value is -1.59. The number of carbonyl (C=O) groups is 1.